The van der Waals surface area contributed by atoms with Crippen LogP contribution in [0.3, 0.4) is 0 Å². The Balaban J connectivity index is 1.53. The number of nitrogens with zero attached hydrogens (tertiary/aromatic N) is 3. The zero-order valence-electron chi connectivity index (χ0n) is 17.1. The molecule has 1 aromatic carbocycles. The van der Waals surface area contributed by atoms with Crippen molar-refractivity contribution in [3.8, 4) is 0 Å². The molecule has 0 saturated carbocycles. The van der Waals surface area contributed by atoms with E-state index in [1.807, 2.05) is 25.1 Å². The Bertz CT molecular complexity index is 1040. The van der Waals surface area contributed by atoms with E-state index in [-0.39, 0.29) is 6.54 Å². The van der Waals surface area contributed by atoms with E-state index < -0.39 is 23.4 Å². The van der Waals surface area contributed by atoms with Crippen LogP contribution in [0, 0.1) is 13.8 Å². The molecule has 1 aromatic heterocycles. The number of amides is 4. The highest BCUT2D eigenvalue weighted by molar-refractivity contribution is 6.10. The largest absolute Gasteiger partial charge is 0.325 e. The summed E-state index contributed by atoms with van der Waals surface area (Å²) >= 11 is 0. The highest BCUT2D eigenvalue weighted by atomic mass is 16.2. The van der Waals surface area contributed by atoms with Gasteiger partial charge in [0.25, 0.3) is 5.91 Å². The molecule has 1 fully saturated rings. The van der Waals surface area contributed by atoms with E-state index in [1.165, 1.54) is 11.1 Å². The quantitative estimate of drug-likeness (QED) is 0.773. The SMILES string of the molecule is Cc1nn(C)c(C)c1NC(=O)CN1C(=O)N[C@](C)(c2ccc3c(c2)CCC3)C1=O. The van der Waals surface area contributed by atoms with Crippen molar-refractivity contribution in [1.29, 1.82) is 0 Å². The summed E-state index contributed by atoms with van der Waals surface area (Å²) < 4.78 is 1.67. The molecule has 2 aliphatic rings. The van der Waals surface area contributed by atoms with E-state index in [4.69, 9.17) is 0 Å². The van der Waals surface area contributed by atoms with E-state index >= 15 is 0 Å². The minimum Gasteiger partial charge on any atom is -0.321 e. The molecule has 0 radical (unpaired) electrons. The van der Waals surface area contributed by atoms with Gasteiger partial charge in [0.15, 0.2) is 0 Å². The number of hydrogen-bond donors (Lipinski definition) is 2. The number of nitrogens with one attached hydrogen (secondary N) is 2. The Morgan fingerprint density at radius 3 is 2.66 bits per heavy atom. The maximum Gasteiger partial charge on any atom is 0.325 e. The van der Waals surface area contributed by atoms with Crippen LogP contribution in [0.2, 0.25) is 0 Å². The molecule has 0 bridgehead atoms. The molecule has 4 amide bonds. The number of rotatable bonds is 4. The number of imide groups is 1. The lowest BCUT2D eigenvalue weighted by Crippen LogP contribution is -2.42. The molecule has 8 nitrogen and oxygen atoms in total. The molecule has 1 aliphatic carbocycles. The van der Waals surface area contributed by atoms with Crippen LogP contribution in [0.25, 0.3) is 0 Å². The standard InChI is InChI=1S/C21H25N5O3/c1-12-18(13(2)25(4)24-12)22-17(27)11-26-19(28)21(3,23-20(26)29)16-9-8-14-6-5-7-15(14)10-16/h8-10H,5-7,11H2,1-4H3,(H,22,27)(H,23,29)/t21-/m1/s1. The van der Waals surface area contributed by atoms with Crippen LogP contribution in [0.4, 0.5) is 10.5 Å². The second-order valence-electron chi connectivity index (χ2n) is 8.00. The van der Waals surface area contributed by atoms with Crippen LogP contribution in [0.5, 0.6) is 0 Å². The van der Waals surface area contributed by atoms with E-state index in [0.29, 0.717) is 11.4 Å². The molecule has 1 saturated heterocycles. The average molecular weight is 395 g/mol. The van der Waals surface area contributed by atoms with Crippen molar-refractivity contribution in [2.45, 2.75) is 45.6 Å². The van der Waals surface area contributed by atoms with Crippen molar-refractivity contribution in [3.63, 3.8) is 0 Å². The molecule has 0 spiro atoms. The summed E-state index contributed by atoms with van der Waals surface area (Å²) in [5.74, 6) is -0.860. The Hall–Kier alpha value is -3.16. The summed E-state index contributed by atoms with van der Waals surface area (Å²) in [6.07, 6.45) is 3.14. The Labute approximate surface area is 169 Å². The average Bonchev–Trinajstić information content (AvgIpc) is 3.30. The third kappa shape index (κ3) is 3.08. The van der Waals surface area contributed by atoms with Gasteiger partial charge in [-0.15, -0.1) is 0 Å². The second kappa shape index (κ2) is 6.72. The van der Waals surface area contributed by atoms with Crippen molar-refractivity contribution < 1.29 is 14.4 Å². The molecule has 152 valence electrons. The number of hydrogen-bond acceptors (Lipinski definition) is 4. The normalized spacial score (nSPS) is 20.8. The first-order valence-corrected chi connectivity index (χ1v) is 9.77. The van der Waals surface area contributed by atoms with Gasteiger partial charge >= 0.3 is 6.03 Å². The first-order valence-electron chi connectivity index (χ1n) is 9.77. The van der Waals surface area contributed by atoms with Gasteiger partial charge in [-0.3, -0.25) is 19.2 Å². The Morgan fingerprint density at radius 2 is 1.97 bits per heavy atom. The molecule has 0 unspecified atom stereocenters. The third-order valence-corrected chi connectivity index (χ3v) is 6.03. The van der Waals surface area contributed by atoms with Crippen LogP contribution in [0.1, 0.15) is 41.4 Å². The van der Waals surface area contributed by atoms with E-state index in [0.717, 1.165) is 35.4 Å². The lowest BCUT2D eigenvalue weighted by atomic mass is 9.89. The molecule has 2 N–H and O–H groups in total. The van der Waals surface area contributed by atoms with Gasteiger partial charge < -0.3 is 10.6 Å². The number of urea groups is 1. The fourth-order valence-electron chi connectivity index (χ4n) is 4.20. The molecule has 2 aromatic rings. The number of anilines is 1. The molecular formula is C21H25N5O3. The lowest BCUT2D eigenvalue weighted by molar-refractivity contribution is -0.133. The molecular weight excluding hydrogens is 370 g/mol. The molecule has 2 heterocycles. The van der Waals surface area contributed by atoms with Crippen LogP contribution in [-0.2, 0) is 35.0 Å². The summed E-state index contributed by atoms with van der Waals surface area (Å²) in [4.78, 5) is 39.2. The zero-order chi connectivity index (χ0) is 20.9. The Morgan fingerprint density at radius 1 is 1.24 bits per heavy atom. The number of carbonyl (C=O) groups excluding carboxylic acids is 3. The summed E-state index contributed by atoms with van der Waals surface area (Å²) in [6.45, 7) is 4.98. The van der Waals surface area contributed by atoms with Gasteiger partial charge in [0, 0.05) is 7.05 Å². The van der Waals surface area contributed by atoms with Gasteiger partial charge in [0.1, 0.15) is 12.1 Å². The number of fused-ring (bicyclic) bond motifs is 1. The number of carbonyl (C=O) groups is 3. The first-order chi connectivity index (χ1) is 13.7. The van der Waals surface area contributed by atoms with Crippen molar-refractivity contribution in [2.24, 2.45) is 7.05 Å². The van der Waals surface area contributed by atoms with E-state index in [1.54, 1.807) is 25.6 Å². The minimum atomic E-state index is -1.17. The summed E-state index contributed by atoms with van der Waals surface area (Å²) in [7, 11) is 1.79. The van der Waals surface area contributed by atoms with Gasteiger partial charge in [-0.2, -0.15) is 5.10 Å². The first kappa shape index (κ1) is 19.2. The molecule has 1 aliphatic heterocycles. The monoisotopic (exact) mass is 395 g/mol. The number of benzene rings is 1. The van der Waals surface area contributed by atoms with Gasteiger partial charge in [-0.05, 0) is 56.7 Å². The van der Waals surface area contributed by atoms with Crippen LogP contribution in [-0.4, -0.2) is 39.1 Å². The molecule has 1 atom stereocenters. The fourth-order valence-corrected chi connectivity index (χ4v) is 4.20. The summed E-state index contributed by atoms with van der Waals surface area (Å²) in [6, 6.07) is 5.37. The van der Waals surface area contributed by atoms with Crippen LogP contribution < -0.4 is 10.6 Å². The molecule has 4 rings (SSSR count). The summed E-state index contributed by atoms with van der Waals surface area (Å²) in [5.41, 5.74) is 4.19. The topological polar surface area (TPSA) is 96.3 Å². The maximum absolute atomic E-state index is 13.1. The highest BCUT2D eigenvalue weighted by Crippen LogP contribution is 2.32. The van der Waals surface area contributed by atoms with Crippen LogP contribution in [0.15, 0.2) is 18.2 Å². The zero-order valence-corrected chi connectivity index (χ0v) is 17.1. The van der Waals surface area contributed by atoms with Gasteiger partial charge in [-0.25, -0.2) is 4.79 Å². The highest BCUT2D eigenvalue weighted by Gasteiger charge is 2.49. The third-order valence-electron chi connectivity index (χ3n) is 6.03. The van der Waals surface area contributed by atoms with Gasteiger partial charge in [0.05, 0.1) is 17.1 Å². The van der Waals surface area contributed by atoms with E-state index in [2.05, 4.69) is 15.7 Å². The van der Waals surface area contributed by atoms with Crippen LogP contribution >= 0.6 is 0 Å². The molecule has 29 heavy (non-hydrogen) atoms. The fraction of sp³-hybridized carbons (Fsp3) is 0.429. The van der Waals surface area contributed by atoms with Crippen molar-refractivity contribution in [3.05, 3.63) is 46.3 Å². The summed E-state index contributed by atoms with van der Waals surface area (Å²) in [5, 5.41) is 9.81. The lowest BCUT2D eigenvalue weighted by Gasteiger charge is -2.23. The van der Waals surface area contributed by atoms with Gasteiger partial charge in [0.2, 0.25) is 5.91 Å². The second-order valence-corrected chi connectivity index (χ2v) is 8.00. The van der Waals surface area contributed by atoms with Crippen molar-refractivity contribution in [1.82, 2.24) is 20.0 Å². The predicted octanol–water partition coefficient (Wildman–Crippen LogP) is 1.93. The van der Waals surface area contributed by atoms with E-state index in [9.17, 15) is 14.4 Å². The maximum atomic E-state index is 13.1. The predicted molar refractivity (Wildman–Crippen MR) is 107 cm³/mol. The Kier molecular flexibility index (Phi) is 4.44. The van der Waals surface area contributed by atoms with Crippen molar-refractivity contribution in [2.75, 3.05) is 11.9 Å². The van der Waals surface area contributed by atoms with Gasteiger partial charge in [-0.1, -0.05) is 18.2 Å². The minimum absolute atomic E-state index is 0.348. The molecule has 8 heteroatoms. The number of aryl methyl sites for hydroxylation is 4. The number of aromatic nitrogens is 2. The van der Waals surface area contributed by atoms with Crippen molar-refractivity contribution >= 4 is 23.5 Å². The smallest absolute Gasteiger partial charge is 0.321 e.